The van der Waals surface area contributed by atoms with Crippen molar-refractivity contribution in [2.24, 2.45) is 12.5 Å². The highest BCUT2D eigenvalue weighted by Gasteiger charge is 2.29. The Kier molecular flexibility index (Phi) is 2.65. The molecule has 90 valence electrons. The van der Waals surface area contributed by atoms with Crippen molar-refractivity contribution >= 4 is 16.9 Å². The van der Waals surface area contributed by atoms with Gasteiger partial charge in [0.2, 0.25) is 0 Å². The van der Waals surface area contributed by atoms with Crippen LogP contribution in [0.4, 0.5) is 0 Å². The fourth-order valence-electron chi connectivity index (χ4n) is 1.91. The van der Waals surface area contributed by atoms with Crippen molar-refractivity contribution in [1.29, 1.82) is 0 Å². The van der Waals surface area contributed by atoms with E-state index in [-0.39, 0.29) is 0 Å². The van der Waals surface area contributed by atoms with Crippen LogP contribution in [0, 0.1) is 5.41 Å². The molecule has 0 unspecified atom stereocenters. The molecule has 0 aliphatic heterocycles. The SMILES string of the molecule is Cn1nc(CC(C)(C)C(=O)O)c2ccccc21. The lowest BCUT2D eigenvalue weighted by atomic mass is 9.87. The molecule has 1 N–H and O–H groups in total. The zero-order chi connectivity index (χ0) is 12.6. The lowest BCUT2D eigenvalue weighted by Gasteiger charge is -2.17. The number of hydrogen-bond acceptors (Lipinski definition) is 2. The molecule has 0 fully saturated rings. The van der Waals surface area contributed by atoms with Crippen molar-refractivity contribution < 1.29 is 9.90 Å². The monoisotopic (exact) mass is 232 g/mol. The summed E-state index contributed by atoms with van der Waals surface area (Å²) in [6.45, 7) is 3.44. The van der Waals surface area contributed by atoms with Gasteiger partial charge in [-0.2, -0.15) is 5.10 Å². The maximum atomic E-state index is 11.1. The quantitative estimate of drug-likeness (QED) is 0.882. The first-order valence-electron chi connectivity index (χ1n) is 5.56. The van der Waals surface area contributed by atoms with Crippen molar-refractivity contribution in [2.75, 3.05) is 0 Å². The number of aryl methyl sites for hydroxylation is 1. The largest absolute Gasteiger partial charge is 0.481 e. The maximum absolute atomic E-state index is 11.1. The van der Waals surface area contributed by atoms with Gasteiger partial charge in [-0.15, -0.1) is 0 Å². The van der Waals surface area contributed by atoms with Crippen LogP contribution in [0.25, 0.3) is 10.9 Å². The predicted octanol–water partition coefficient (Wildman–Crippen LogP) is 2.23. The van der Waals surface area contributed by atoms with E-state index in [0.29, 0.717) is 6.42 Å². The number of fused-ring (bicyclic) bond motifs is 1. The summed E-state index contributed by atoms with van der Waals surface area (Å²) in [7, 11) is 1.87. The van der Waals surface area contributed by atoms with Crippen LogP contribution in [0.1, 0.15) is 19.5 Å². The lowest BCUT2D eigenvalue weighted by molar-refractivity contribution is -0.146. The second kappa shape index (κ2) is 3.87. The first-order valence-corrected chi connectivity index (χ1v) is 5.56. The zero-order valence-electron chi connectivity index (χ0n) is 10.3. The average Bonchev–Trinajstić information content (AvgIpc) is 2.56. The van der Waals surface area contributed by atoms with Gasteiger partial charge < -0.3 is 5.11 Å². The Balaban J connectivity index is 2.47. The van der Waals surface area contributed by atoms with Crippen LogP contribution in [0.3, 0.4) is 0 Å². The topological polar surface area (TPSA) is 55.1 Å². The highest BCUT2D eigenvalue weighted by atomic mass is 16.4. The fraction of sp³-hybridized carbons (Fsp3) is 0.385. The third kappa shape index (κ3) is 2.02. The van der Waals surface area contributed by atoms with E-state index in [9.17, 15) is 4.79 Å². The Morgan fingerprint density at radius 3 is 2.71 bits per heavy atom. The number of carboxylic acid groups (broad SMARTS) is 1. The highest BCUT2D eigenvalue weighted by molar-refractivity contribution is 5.83. The van der Waals surface area contributed by atoms with Gasteiger partial charge in [0.25, 0.3) is 0 Å². The molecule has 1 aromatic carbocycles. The molecule has 0 aliphatic carbocycles. The number of carbonyl (C=O) groups is 1. The second-order valence-corrected chi connectivity index (χ2v) is 4.95. The van der Waals surface area contributed by atoms with Crippen LogP contribution in [-0.4, -0.2) is 20.9 Å². The Bertz CT molecular complexity index is 570. The number of rotatable bonds is 3. The molecule has 0 bridgehead atoms. The minimum absolute atomic E-state index is 0.434. The Morgan fingerprint density at radius 2 is 2.06 bits per heavy atom. The molecule has 0 amide bonds. The number of aromatic nitrogens is 2. The standard InChI is InChI=1S/C13H16N2O2/c1-13(2,12(16)17)8-10-9-6-4-5-7-11(9)15(3)14-10/h4-7H,8H2,1-3H3,(H,16,17). The molecule has 0 atom stereocenters. The second-order valence-electron chi connectivity index (χ2n) is 4.95. The average molecular weight is 232 g/mol. The lowest BCUT2D eigenvalue weighted by Crippen LogP contribution is -2.26. The first-order chi connectivity index (χ1) is 7.92. The number of aliphatic carboxylic acids is 1. The van der Waals surface area contributed by atoms with Crippen LogP contribution in [0.2, 0.25) is 0 Å². The summed E-state index contributed by atoms with van der Waals surface area (Å²) >= 11 is 0. The summed E-state index contributed by atoms with van der Waals surface area (Å²) in [6, 6.07) is 7.87. The molecular formula is C13H16N2O2. The molecule has 2 aromatic rings. The summed E-state index contributed by atoms with van der Waals surface area (Å²) in [6.07, 6.45) is 0.434. The van der Waals surface area contributed by atoms with Gasteiger partial charge in [0.15, 0.2) is 0 Å². The van der Waals surface area contributed by atoms with Gasteiger partial charge in [0.1, 0.15) is 0 Å². The Labute approximate surface area is 99.9 Å². The fourth-order valence-corrected chi connectivity index (χ4v) is 1.91. The van der Waals surface area contributed by atoms with Crippen LogP contribution in [0.5, 0.6) is 0 Å². The molecule has 1 aromatic heterocycles. The molecule has 4 nitrogen and oxygen atoms in total. The molecule has 4 heteroatoms. The molecule has 0 spiro atoms. The van der Waals surface area contributed by atoms with Crippen LogP contribution >= 0.6 is 0 Å². The molecular weight excluding hydrogens is 216 g/mol. The molecule has 0 saturated carbocycles. The molecule has 0 radical (unpaired) electrons. The van der Waals surface area contributed by atoms with Crippen molar-refractivity contribution in [3.8, 4) is 0 Å². The van der Waals surface area contributed by atoms with Crippen molar-refractivity contribution in [3.63, 3.8) is 0 Å². The Hall–Kier alpha value is -1.84. The van der Waals surface area contributed by atoms with Gasteiger partial charge in [-0.1, -0.05) is 18.2 Å². The van der Waals surface area contributed by atoms with Gasteiger partial charge in [-0.25, -0.2) is 0 Å². The summed E-state index contributed by atoms with van der Waals surface area (Å²) < 4.78 is 1.79. The van der Waals surface area contributed by atoms with Gasteiger partial charge in [0.05, 0.1) is 16.6 Å². The highest BCUT2D eigenvalue weighted by Crippen LogP contribution is 2.26. The third-order valence-electron chi connectivity index (χ3n) is 3.02. The minimum atomic E-state index is -0.799. The summed E-state index contributed by atoms with van der Waals surface area (Å²) in [5, 5.41) is 14.6. The van der Waals surface area contributed by atoms with E-state index >= 15 is 0 Å². The number of benzene rings is 1. The van der Waals surface area contributed by atoms with Crippen LogP contribution in [-0.2, 0) is 18.3 Å². The zero-order valence-corrected chi connectivity index (χ0v) is 10.3. The van der Waals surface area contributed by atoms with Gasteiger partial charge >= 0.3 is 5.97 Å². The van der Waals surface area contributed by atoms with Crippen molar-refractivity contribution in [3.05, 3.63) is 30.0 Å². The van der Waals surface area contributed by atoms with E-state index in [1.165, 1.54) is 0 Å². The molecule has 2 rings (SSSR count). The van der Waals surface area contributed by atoms with E-state index in [2.05, 4.69) is 5.10 Å². The van der Waals surface area contributed by atoms with Crippen molar-refractivity contribution in [2.45, 2.75) is 20.3 Å². The predicted molar refractivity (Wildman–Crippen MR) is 65.8 cm³/mol. The first kappa shape index (κ1) is 11.6. The number of carboxylic acids is 1. The van der Waals surface area contributed by atoms with Gasteiger partial charge in [-0.3, -0.25) is 9.48 Å². The van der Waals surface area contributed by atoms with E-state index in [1.54, 1.807) is 18.5 Å². The van der Waals surface area contributed by atoms with E-state index in [0.717, 1.165) is 16.6 Å². The van der Waals surface area contributed by atoms with Gasteiger partial charge in [-0.05, 0) is 19.9 Å². The van der Waals surface area contributed by atoms with E-state index < -0.39 is 11.4 Å². The number of hydrogen-bond donors (Lipinski definition) is 1. The smallest absolute Gasteiger partial charge is 0.309 e. The number of nitrogens with zero attached hydrogens (tertiary/aromatic N) is 2. The summed E-state index contributed by atoms with van der Waals surface area (Å²) in [5.74, 6) is -0.799. The molecule has 1 heterocycles. The van der Waals surface area contributed by atoms with Crippen LogP contribution < -0.4 is 0 Å². The van der Waals surface area contributed by atoms with E-state index in [1.807, 2.05) is 31.3 Å². The maximum Gasteiger partial charge on any atom is 0.309 e. The van der Waals surface area contributed by atoms with Crippen LogP contribution in [0.15, 0.2) is 24.3 Å². The normalized spacial score (nSPS) is 11.9. The minimum Gasteiger partial charge on any atom is -0.481 e. The van der Waals surface area contributed by atoms with Gasteiger partial charge in [0, 0.05) is 18.9 Å². The third-order valence-corrected chi connectivity index (χ3v) is 3.02. The number of para-hydroxylation sites is 1. The summed E-state index contributed by atoms with van der Waals surface area (Å²) in [4.78, 5) is 11.1. The Morgan fingerprint density at radius 1 is 1.41 bits per heavy atom. The van der Waals surface area contributed by atoms with E-state index in [4.69, 9.17) is 5.11 Å². The molecule has 0 saturated heterocycles. The van der Waals surface area contributed by atoms with Crippen molar-refractivity contribution in [1.82, 2.24) is 9.78 Å². The molecule has 17 heavy (non-hydrogen) atoms. The molecule has 0 aliphatic rings. The summed E-state index contributed by atoms with van der Waals surface area (Å²) in [5.41, 5.74) is 1.08.